The van der Waals surface area contributed by atoms with E-state index in [4.69, 9.17) is 9.47 Å². The summed E-state index contributed by atoms with van der Waals surface area (Å²) in [6.07, 6.45) is 2.49. The van der Waals surface area contributed by atoms with E-state index >= 15 is 0 Å². The van der Waals surface area contributed by atoms with Crippen molar-refractivity contribution in [3.05, 3.63) is 29.8 Å². The molecule has 0 fully saturated rings. The molecular formula is C15H25NO2. The highest BCUT2D eigenvalue weighted by molar-refractivity contribution is 5.26. The van der Waals surface area contributed by atoms with Crippen LogP contribution in [0.4, 0.5) is 0 Å². The number of rotatable bonds is 9. The summed E-state index contributed by atoms with van der Waals surface area (Å²) in [5.74, 6) is 0.885. The topological polar surface area (TPSA) is 30.5 Å². The van der Waals surface area contributed by atoms with Crippen molar-refractivity contribution in [3.63, 3.8) is 0 Å². The molecule has 1 N–H and O–H groups in total. The van der Waals surface area contributed by atoms with Crippen LogP contribution < -0.4 is 10.1 Å². The summed E-state index contributed by atoms with van der Waals surface area (Å²) in [7, 11) is 1.68. The highest BCUT2D eigenvalue weighted by Crippen LogP contribution is 2.13. The van der Waals surface area contributed by atoms with Crippen LogP contribution in [0.15, 0.2) is 24.3 Å². The largest absolute Gasteiger partial charge is 0.497 e. The van der Waals surface area contributed by atoms with Crippen molar-refractivity contribution in [2.24, 2.45) is 0 Å². The normalized spacial score (nSPS) is 12.4. The Morgan fingerprint density at radius 1 is 1.17 bits per heavy atom. The zero-order chi connectivity index (χ0) is 13.2. The minimum absolute atomic E-state index is 0.290. The van der Waals surface area contributed by atoms with Crippen molar-refractivity contribution in [2.75, 3.05) is 20.2 Å². The summed E-state index contributed by atoms with van der Waals surface area (Å²) in [6, 6.07) is 8.03. The van der Waals surface area contributed by atoms with Gasteiger partial charge in [-0.1, -0.05) is 26.0 Å². The third-order valence-electron chi connectivity index (χ3n) is 2.90. The zero-order valence-corrected chi connectivity index (χ0v) is 11.7. The minimum atomic E-state index is 0.290. The molecule has 0 saturated heterocycles. The van der Waals surface area contributed by atoms with E-state index in [1.165, 1.54) is 5.56 Å². The van der Waals surface area contributed by atoms with Gasteiger partial charge < -0.3 is 14.8 Å². The van der Waals surface area contributed by atoms with Gasteiger partial charge in [-0.15, -0.1) is 0 Å². The summed E-state index contributed by atoms with van der Waals surface area (Å²) >= 11 is 0. The second-order valence-electron chi connectivity index (χ2n) is 4.39. The van der Waals surface area contributed by atoms with Crippen molar-refractivity contribution in [3.8, 4) is 5.75 Å². The molecule has 3 nitrogen and oxygen atoms in total. The van der Waals surface area contributed by atoms with Gasteiger partial charge in [-0.25, -0.2) is 0 Å². The highest BCUT2D eigenvalue weighted by atomic mass is 16.5. The number of hydrogen-bond acceptors (Lipinski definition) is 3. The Morgan fingerprint density at radius 2 is 1.89 bits per heavy atom. The Kier molecular flexibility index (Phi) is 7.46. The van der Waals surface area contributed by atoms with Crippen LogP contribution >= 0.6 is 0 Å². The molecule has 0 amide bonds. The molecule has 0 aromatic heterocycles. The van der Waals surface area contributed by atoms with Crippen LogP contribution in [0.1, 0.15) is 32.3 Å². The Balaban J connectivity index is 2.32. The van der Waals surface area contributed by atoms with E-state index in [-0.39, 0.29) is 0 Å². The Hall–Kier alpha value is -1.06. The Labute approximate surface area is 110 Å². The molecule has 0 radical (unpaired) electrons. The SMILES string of the molecule is CCCNCC(CC)OCc1ccc(OC)cc1. The maximum Gasteiger partial charge on any atom is 0.118 e. The van der Waals surface area contributed by atoms with Crippen LogP contribution in [0.25, 0.3) is 0 Å². The molecule has 0 aliphatic heterocycles. The average Bonchev–Trinajstić information content (AvgIpc) is 2.43. The number of hydrogen-bond donors (Lipinski definition) is 1. The molecule has 1 rings (SSSR count). The predicted octanol–water partition coefficient (Wildman–Crippen LogP) is 2.99. The lowest BCUT2D eigenvalue weighted by molar-refractivity contribution is 0.0385. The van der Waals surface area contributed by atoms with Crippen molar-refractivity contribution in [1.82, 2.24) is 5.32 Å². The number of benzene rings is 1. The fourth-order valence-corrected chi connectivity index (χ4v) is 1.70. The first-order valence-corrected chi connectivity index (χ1v) is 6.75. The van der Waals surface area contributed by atoms with Gasteiger partial charge >= 0.3 is 0 Å². The Bertz CT molecular complexity index is 311. The van der Waals surface area contributed by atoms with Crippen LogP contribution in [0.5, 0.6) is 5.75 Å². The molecule has 1 atom stereocenters. The van der Waals surface area contributed by atoms with Crippen molar-refractivity contribution < 1.29 is 9.47 Å². The second kappa shape index (κ2) is 8.95. The van der Waals surface area contributed by atoms with E-state index < -0.39 is 0 Å². The van der Waals surface area contributed by atoms with Gasteiger partial charge in [0.25, 0.3) is 0 Å². The van der Waals surface area contributed by atoms with Gasteiger partial charge in [0, 0.05) is 6.54 Å². The molecule has 1 aromatic carbocycles. The summed E-state index contributed by atoms with van der Waals surface area (Å²) < 4.78 is 11.0. The molecule has 0 aliphatic rings. The Morgan fingerprint density at radius 3 is 2.44 bits per heavy atom. The summed E-state index contributed by atoms with van der Waals surface area (Å²) in [5.41, 5.74) is 1.18. The van der Waals surface area contributed by atoms with E-state index in [1.807, 2.05) is 24.3 Å². The van der Waals surface area contributed by atoms with Crippen LogP contribution in [0, 0.1) is 0 Å². The molecule has 0 aliphatic carbocycles. The lowest BCUT2D eigenvalue weighted by atomic mass is 10.2. The van der Waals surface area contributed by atoms with Crippen LogP contribution in [0.2, 0.25) is 0 Å². The van der Waals surface area contributed by atoms with Gasteiger partial charge in [0.05, 0.1) is 19.8 Å². The van der Waals surface area contributed by atoms with Crippen LogP contribution in [0.3, 0.4) is 0 Å². The van der Waals surface area contributed by atoms with E-state index in [0.29, 0.717) is 12.7 Å². The number of nitrogens with one attached hydrogen (secondary N) is 1. The van der Waals surface area contributed by atoms with Crippen LogP contribution in [-0.2, 0) is 11.3 Å². The first-order chi connectivity index (χ1) is 8.80. The smallest absolute Gasteiger partial charge is 0.118 e. The number of methoxy groups -OCH3 is 1. The van der Waals surface area contributed by atoms with Crippen molar-refractivity contribution in [1.29, 1.82) is 0 Å². The zero-order valence-electron chi connectivity index (χ0n) is 11.7. The average molecular weight is 251 g/mol. The van der Waals surface area contributed by atoms with Crippen molar-refractivity contribution >= 4 is 0 Å². The van der Waals surface area contributed by atoms with Crippen molar-refractivity contribution in [2.45, 2.75) is 39.4 Å². The highest BCUT2D eigenvalue weighted by Gasteiger charge is 2.06. The lowest BCUT2D eigenvalue weighted by Gasteiger charge is -2.16. The molecule has 0 bridgehead atoms. The molecule has 0 heterocycles. The van der Waals surface area contributed by atoms with E-state index in [9.17, 15) is 0 Å². The summed E-state index contributed by atoms with van der Waals surface area (Å²) in [6.45, 7) is 6.98. The summed E-state index contributed by atoms with van der Waals surface area (Å²) in [4.78, 5) is 0. The van der Waals surface area contributed by atoms with E-state index in [1.54, 1.807) is 7.11 Å². The van der Waals surface area contributed by atoms with Gasteiger partial charge in [-0.3, -0.25) is 0 Å². The fraction of sp³-hybridized carbons (Fsp3) is 0.600. The third kappa shape index (κ3) is 5.52. The van der Waals surface area contributed by atoms with Crippen LogP contribution in [-0.4, -0.2) is 26.3 Å². The lowest BCUT2D eigenvalue weighted by Crippen LogP contribution is -2.29. The number of ether oxygens (including phenoxy) is 2. The van der Waals surface area contributed by atoms with E-state index in [0.717, 1.165) is 31.7 Å². The van der Waals surface area contributed by atoms with Gasteiger partial charge in [0.15, 0.2) is 0 Å². The minimum Gasteiger partial charge on any atom is -0.497 e. The van der Waals surface area contributed by atoms with Gasteiger partial charge in [-0.05, 0) is 37.1 Å². The molecule has 0 spiro atoms. The van der Waals surface area contributed by atoms with E-state index in [2.05, 4.69) is 19.2 Å². The maximum atomic E-state index is 5.89. The first-order valence-electron chi connectivity index (χ1n) is 6.75. The second-order valence-corrected chi connectivity index (χ2v) is 4.39. The monoisotopic (exact) mass is 251 g/mol. The molecular weight excluding hydrogens is 226 g/mol. The molecule has 0 saturated carbocycles. The molecule has 102 valence electrons. The molecule has 3 heteroatoms. The standard InChI is InChI=1S/C15H25NO2/c1-4-10-16-11-14(5-2)18-12-13-6-8-15(17-3)9-7-13/h6-9,14,16H,4-5,10-12H2,1-3H3. The first kappa shape index (κ1) is 15.0. The van der Waals surface area contributed by atoms with Gasteiger partial charge in [0.1, 0.15) is 5.75 Å². The predicted molar refractivity (Wildman–Crippen MR) is 75.0 cm³/mol. The fourth-order valence-electron chi connectivity index (χ4n) is 1.70. The quantitative estimate of drug-likeness (QED) is 0.684. The van der Waals surface area contributed by atoms with Gasteiger partial charge in [-0.2, -0.15) is 0 Å². The molecule has 18 heavy (non-hydrogen) atoms. The third-order valence-corrected chi connectivity index (χ3v) is 2.90. The van der Waals surface area contributed by atoms with Gasteiger partial charge in [0.2, 0.25) is 0 Å². The maximum absolute atomic E-state index is 5.89. The molecule has 1 unspecified atom stereocenters. The molecule has 1 aromatic rings. The summed E-state index contributed by atoms with van der Waals surface area (Å²) in [5, 5.41) is 3.40.